The van der Waals surface area contributed by atoms with Crippen LogP contribution < -0.4 is 0 Å². The summed E-state index contributed by atoms with van der Waals surface area (Å²) in [5.41, 5.74) is -1.20. The lowest BCUT2D eigenvalue weighted by Crippen LogP contribution is -2.42. The molecule has 19 heavy (non-hydrogen) atoms. The maximum absolute atomic E-state index is 13.5. The van der Waals surface area contributed by atoms with Gasteiger partial charge in [-0.25, -0.2) is 8.78 Å². The SMILES string of the molecule is CC1CCC(O)(C(=O)Cc2ccc(F)cc2F)CC1. The summed E-state index contributed by atoms with van der Waals surface area (Å²) in [6, 6.07) is 3.14. The molecular weight excluding hydrogens is 250 g/mol. The summed E-state index contributed by atoms with van der Waals surface area (Å²) < 4.78 is 26.3. The zero-order valence-corrected chi connectivity index (χ0v) is 11.0. The molecule has 1 aliphatic rings. The summed E-state index contributed by atoms with van der Waals surface area (Å²) in [5, 5.41) is 10.3. The summed E-state index contributed by atoms with van der Waals surface area (Å²) in [6.07, 6.45) is 2.27. The van der Waals surface area contributed by atoms with Crippen molar-refractivity contribution < 1.29 is 18.7 Å². The van der Waals surface area contributed by atoms with Crippen molar-refractivity contribution in [1.29, 1.82) is 0 Å². The molecule has 1 fully saturated rings. The highest BCUT2D eigenvalue weighted by Gasteiger charge is 2.38. The highest BCUT2D eigenvalue weighted by atomic mass is 19.1. The van der Waals surface area contributed by atoms with Gasteiger partial charge in [0, 0.05) is 12.5 Å². The number of hydrogen-bond acceptors (Lipinski definition) is 2. The fourth-order valence-corrected chi connectivity index (χ4v) is 2.52. The normalized spacial score (nSPS) is 27.3. The highest BCUT2D eigenvalue weighted by Crippen LogP contribution is 2.33. The van der Waals surface area contributed by atoms with Crippen LogP contribution in [0.25, 0.3) is 0 Å². The van der Waals surface area contributed by atoms with Gasteiger partial charge in [0.05, 0.1) is 0 Å². The second-order valence-electron chi connectivity index (χ2n) is 5.55. The number of hydrogen-bond donors (Lipinski definition) is 1. The Hall–Kier alpha value is -1.29. The van der Waals surface area contributed by atoms with E-state index in [4.69, 9.17) is 0 Å². The molecule has 1 N–H and O–H groups in total. The van der Waals surface area contributed by atoms with Crippen LogP contribution in [0.1, 0.15) is 38.2 Å². The van der Waals surface area contributed by atoms with E-state index in [0.717, 1.165) is 25.0 Å². The number of rotatable bonds is 3. The molecule has 0 unspecified atom stereocenters. The van der Waals surface area contributed by atoms with Gasteiger partial charge in [-0.3, -0.25) is 4.79 Å². The van der Waals surface area contributed by atoms with Crippen molar-refractivity contribution >= 4 is 5.78 Å². The first-order chi connectivity index (χ1) is 8.90. The Morgan fingerprint density at radius 1 is 1.37 bits per heavy atom. The summed E-state index contributed by atoms with van der Waals surface area (Å²) in [5.74, 6) is -1.26. The standard InChI is InChI=1S/C15H18F2O2/c1-10-4-6-15(19,7-5-10)14(18)8-11-2-3-12(16)9-13(11)17/h2-3,9-10,19H,4-8H2,1H3. The number of halogens is 2. The first-order valence-electron chi connectivity index (χ1n) is 6.60. The van der Waals surface area contributed by atoms with E-state index < -0.39 is 17.2 Å². The van der Waals surface area contributed by atoms with Gasteiger partial charge in [-0.15, -0.1) is 0 Å². The van der Waals surface area contributed by atoms with Crippen molar-refractivity contribution in [1.82, 2.24) is 0 Å². The molecule has 0 amide bonds. The fraction of sp³-hybridized carbons (Fsp3) is 0.533. The van der Waals surface area contributed by atoms with Crippen LogP contribution in [0, 0.1) is 17.6 Å². The van der Waals surface area contributed by atoms with E-state index in [1.165, 1.54) is 6.07 Å². The average Bonchev–Trinajstić information content (AvgIpc) is 2.36. The Morgan fingerprint density at radius 2 is 2.00 bits per heavy atom. The van der Waals surface area contributed by atoms with E-state index in [-0.39, 0.29) is 17.8 Å². The molecular formula is C15H18F2O2. The molecule has 2 rings (SSSR count). The van der Waals surface area contributed by atoms with Gasteiger partial charge in [-0.1, -0.05) is 13.0 Å². The Labute approximate surface area is 111 Å². The summed E-state index contributed by atoms with van der Waals surface area (Å²) in [4.78, 5) is 12.1. The van der Waals surface area contributed by atoms with Crippen molar-refractivity contribution in [3.63, 3.8) is 0 Å². The van der Waals surface area contributed by atoms with Gasteiger partial charge < -0.3 is 5.11 Å². The molecule has 0 aromatic heterocycles. The molecule has 0 atom stereocenters. The Kier molecular flexibility index (Phi) is 3.99. The molecule has 0 heterocycles. The Balaban J connectivity index is 2.08. The molecule has 2 nitrogen and oxygen atoms in total. The van der Waals surface area contributed by atoms with Crippen LogP contribution in [-0.4, -0.2) is 16.5 Å². The van der Waals surface area contributed by atoms with E-state index in [0.29, 0.717) is 18.8 Å². The Bertz CT molecular complexity index is 477. The lowest BCUT2D eigenvalue weighted by molar-refractivity contribution is -0.140. The molecule has 1 aliphatic carbocycles. The second kappa shape index (κ2) is 5.37. The van der Waals surface area contributed by atoms with Gasteiger partial charge in [0.25, 0.3) is 0 Å². The molecule has 0 radical (unpaired) electrons. The minimum atomic E-state index is -1.34. The van der Waals surface area contributed by atoms with Crippen LogP contribution in [-0.2, 0) is 11.2 Å². The lowest BCUT2D eigenvalue weighted by atomic mass is 9.76. The van der Waals surface area contributed by atoms with E-state index in [9.17, 15) is 18.7 Å². The van der Waals surface area contributed by atoms with Gasteiger partial charge >= 0.3 is 0 Å². The minimum absolute atomic E-state index is 0.137. The van der Waals surface area contributed by atoms with Gasteiger partial charge in [0.2, 0.25) is 0 Å². The second-order valence-corrected chi connectivity index (χ2v) is 5.55. The number of benzene rings is 1. The molecule has 4 heteroatoms. The zero-order chi connectivity index (χ0) is 14.0. The van der Waals surface area contributed by atoms with Crippen LogP contribution in [0.5, 0.6) is 0 Å². The first kappa shape index (κ1) is 14.1. The number of ketones is 1. The van der Waals surface area contributed by atoms with Crippen LogP contribution in [0.4, 0.5) is 8.78 Å². The molecule has 0 spiro atoms. The van der Waals surface area contributed by atoms with Gasteiger partial charge in [0.1, 0.15) is 17.2 Å². The van der Waals surface area contributed by atoms with Gasteiger partial charge in [-0.2, -0.15) is 0 Å². The summed E-state index contributed by atoms with van der Waals surface area (Å²) >= 11 is 0. The molecule has 104 valence electrons. The number of Topliss-reactive ketones (excluding diaryl/α,β-unsaturated/α-hetero) is 1. The van der Waals surface area contributed by atoms with Crippen molar-refractivity contribution in [2.45, 2.75) is 44.6 Å². The largest absolute Gasteiger partial charge is 0.382 e. The smallest absolute Gasteiger partial charge is 0.168 e. The van der Waals surface area contributed by atoms with Gasteiger partial charge in [0.15, 0.2) is 5.78 Å². The highest BCUT2D eigenvalue weighted by molar-refractivity contribution is 5.89. The number of carbonyl (C=O) groups excluding carboxylic acids is 1. The van der Waals surface area contributed by atoms with Crippen molar-refractivity contribution in [2.24, 2.45) is 5.92 Å². The maximum Gasteiger partial charge on any atom is 0.168 e. The average molecular weight is 268 g/mol. The number of carbonyl (C=O) groups is 1. The first-order valence-corrected chi connectivity index (χ1v) is 6.60. The van der Waals surface area contributed by atoms with Crippen molar-refractivity contribution in [3.05, 3.63) is 35.4 Å². The number of aliphatic hydroxyl groups is 1. The summed E-state index contributed by atoms with van der Waals surface area (Å²) in [6.45, 7) is 2.09. The van der Waals surface area contributed by atoms with Crippen LogP contribution in [0.3, 0.4) is 0 Å². The summed E-state index contributed by atoms with van der Waals surface area (Å²) in [7, 11) is 0. The third-order valence-corrected chi connectivity index (χ3v) is 3.99. The van der Waals surface area contributed by atoms with Gasteiger partial charge in [-0.05, 0) is 43.2 Å². The maximum atomic E-state index is 13.5. The van der Waals surface area contributed by atoms with Crippen molar-refractivity contribution in [2.75, 3.05) is 0 Å². The topological polar surface area (TPSA) is 37.3 Å². The fourth-order valence-electron chi connectivity index (χ4n) is 2.52. The van der Waals surface area contributed by atoms with Crippen molar-refractivity contribution in [3.8, 4) is 0 Å². The molecule has 0 saturated heterocycles. The van der Waals surface area contributed by atoms with Crippen LogP contribution >= 0.6 is 0 Å². The molecule has 1 aromatic carbocycles. The molecule has 1 saturated carbocycles. The van der Waals surface area contributed by atoms with E-state index >= 15 is 0 Å². The molecule has 0 bridgehead atoms. The third kappa shape index (κ3) is 3.18. The predicted octanol–water partition coefficient (Wildman–Crippen LogP) is 3.02. The van der Waals surface area contributed by atoms with E-state index in [2.05, 4.69) is 6.92 Å². The van der Waals surface area contributed by atoms with E-state index in [1.807, 2.05) is 0 Å². The minimum Gasteiger partial charge on any atom is -0.382 e. The third-order valence-electron chi connectivity index (χ3n) is 3.99. The zero-order valence-electron chi connectivity index (χ0n) is 11.0. The lowest BCUT2D eigenvalue weighted by Gasteiger charge is -2.33. The van der Waals surface area contributed by atoms with Crippen LogP contribution in [0.15, 0.2) is 18.2 Å². The molecule has 0 aliphatic heterocycles. The molecule has 1 aromatic rings. The quantitative estimate of drug-likeness (QED) is 0.915. The monoisotopic (exact) mass is 268 g/mol. The predicted molar refractivity (Wildman–Crippen MR) is 67.7 cm³/mol. The van der Waals surface area contributed by atoms with E-state index in [1.54, 1.807) is 0 Å². The van der Waals surface area contributed by atoms with Crippen LogP contribution in [0.2, 0.25) is 0 Å². The Morgan fingerprint density at radius 3 is 2.58 bits per heavy atom.